The molecule has 0 atom stereocenters. The van der Waals surface area contributed by atoms with Gasteiger partial charge in [0.1, 0.15) is 0 Å². The molecule has 6 heteroatoms. The highest BCUT2D eigenvalue weighted by molar-refractivity contribution is 5.85. The first-order chi connectivity index (χ1) is 15.6. The monoisotopic (exact) mass is 418 g/mol. The van der Waals surface area contributed by atoms with Crippen molar-refractivity contribution in [1.82, 2.24) is 9.55 Å². The van der Waals surface area contributed by atoms with Crippen LogP contribution < -0.4 is 10.3 Å². The zero-order valence-corrected chi connectivity index (χ0v) is 17.9. The first kappa shape index (κ1) is 19.6. The van der Waals surface area contributed by atoms with Crippen LogP contribution in [0.4, 0.5) is 17.1 Å². The molecule has 0 saturated heterocycles. The predicted molar refractivity (Wildman–Crippen MR) is 128 cm³/mol. The fourth-order valence-corrected chi connectivity index (χ4v) is 3.69. The molecule has 0 fully saturated rings. The summed E-state index contributed by atoms with van der Waals surface area (Å²) in [6.07, 6.45) is 0. The van der Waals surface area contributed by atoms with E-state index in [0.29, 0.717) is 5.36 Å². The number of nitrogens with one attached hydrogen (secondary N) is 1. The van der Waals surface area contributed by atoms with Gasteiger partial charge in [-0.2, -0.15) is 10.2 Å². The van der Waals surface area contributed by atoms with Crippen LogP contribution >= 0.6 is 0 Å². The van der Waals surface area contributed by atoms with Gasteiger partial charge in [-0.1, -0.05) is 18.2 Å². The number of nitrogens with zero attached hydrogens (tertiary/aromatic N) is 5. The number of benzene rings is 4. The van der Waals surface area contributed by atoms with Gasteiger partial charge in [-0.3, -0.25) is 0 Å². The summed E-state index contributed by atoms with van der Waals surface area (Å²) in [6.45, 7) is 0. The molecule has 0 radical (unpaired) electrons. The van der Waals surface area contributed by atoms with Crippen molar-refractivity contribution >= 4 is 28.1 Å². The van der Waals surface area contributed by atoms with Crippen molar-refractivity contribution in [2.45, 2.75) is 0 Å². The van der Waals surface area contributed by atoms with Gasteiger partial charge in [-0.25, -0.2) is 4.98 Å². The molecule has 0 bridgehead atoms. The number of rotatable bonds is 4. The third-order valence-electron chi connectivity index (χ3n) is 5.32. The van der Waals surface area contributed by atoms with E-state index in [-0.39, 0.29) is 0 Å². The van der Waals surface area contributed by atoms with Crippen molar-refractivity contribution in [3.63, 3.8) is 0 Å². The second kappa shape index (κ2) is 8.07. The number of azo groups is 1. The Hall–Kier alpha value is -4.32. The molecule has 6 nitrogen and oxygen atoms in total. The van der Waals surface area contributed by atoms with Crippen molar-refractivity contribution < 1.29 is 0 Å². The molecule has 0 aromatic heterocycles. The van der Waals surface area contributed by atoms with Gasteiger partial charge in [0.2, 0.25) is 0 Å². The maximum atomic E-state index is 8.11. The van der Waals surface area contributed by atoms with Gasteiger partial charge in [-0.05, 0) is 72.8 Å². The Kier molecular flexibility index (Phi) is 4.95. The first-order valence-corrected chi connectivity index (χ1v) is 10.3. The summed E-state index contributed by atoms with van der Waals surface area (Å²) >= 11 is 0. The van der Waals surface area contributed by atoms with Crippen LogP contribution in [0.1, 0.15) is 0 Å². The van der Waals surface area contributed by atoms with E-state index in [1.807, 2.05) is 91.8 Å². The SMILES string of the molecule is CN(C)c1ccc(N=Nc2ccc3nc4ccc(=N)cc-4n(-c4ccccc4)c3c2)cc1. The molecule has 0 spiro atoms. The van der Waals surface area contributed by atoms with E-state index in [9.17, 15) is 0 Å². The largest absolute Gasteiger partial charge is 0.378 e. The summed E-state index contributed by atoms with van der Waals surface area (Å²) in [5.41, 5.74) is 7.14. The average molecular weight is 419 g/mol. The highest BCUT2D eigenvalue weighted by Gasteiger charge is 2.14. The van der Waals surface area contributed by atoms with E-state index in [4.69, 9.17) is 10.4 Å². The maximum absolute atomic E-state index is 8.11. The quantitative estimate of drug-likeness (QED) is 0.283. The zero-order valence-electron chi connectivity index (χ0n) is 17.9. The molecule has 1 aliphatic heterocycles. The summed E-state index contributed by atoms with van der Waals surface area (Å²) in [5, 5.41) is 17.4. The third-order valence-corrected chi connectivity index (χ3v) is 5.32. The van der Waals surface area contributed by atoms with Gasteiger partial charge >= 0.3 is 0 Å². The van der Waals surface area contributed by atoms with Gasteiger partial charge in [0.15, 0.2) is 0 Å². The number of hydrogen-bond acceptors (Lipinski definition) is 5. The lowest BCUT2D eigenvalue weighted by molar-refractivity contribution is 1.07. The van der Waals surface area contributed by atoms with Gasteiger partial charge in [0.05, 0.1) is 39.2 Å². The van der Waals surface area contributed by atoms with E-state index in [2.05, 4.69) is 26.9 Å². The Morgan fingerprint density at radius 1 is 0.781 bits per heavy atom. The molecule has 3 aromatic carbocycles. The molecule has 1 aliphatic carbocycles. The molecule has 1 N–H and O–H groups in total. The summed E-state index contributed by atoms with van der Waals surface area (Å²) < 4.78 is 2.13. The van der Waals surface area contributed by atoms with Crippen molar-refractivity contribution in [2.24, 2.45) is 10.2 Å². The van der Waals surface area contributed by atoms with Gasteiger partial charge < -0.3 is 14.9 Å². The molecule has 32 heavy (non-hydrogen) atoms. The number of fused-ring (bicyclic) bond motifs is 2. The molecule has 5 rings (SSSR count). The van der Waals surface area contributed by atoms with E-state index in [0.717, 1.165) is 45.2 Å². The zero-order chi connectivity index (χ0) is 22.1. The third kappa shape index (κ3) is 3.74. The molecular formula is C26H22N6. The predicted octanol–water partition coefficient (Wildman–Crippen LogP) is 6.09. The van der Waals surface area contributed by atoms with Crippen LogP contribution in [0.5, 0.6) is 0 Å². The van der Waals surface area contributed by atoms with Crippen molar-refractivity contribution in [3.05, 3.63) is 96.4 Å². The first-order valence-electron chi connectivity index (χ1n) is 10.3. The number of para-hydroxylation sites is 1. The Labute approximate surface area is 186 Å². The van der Waals surface area contributed by atoms with Gasteiger partial charge in [0.25, 0.3) is 0 Å². The minimum absolute atomic E-state index is 0.445. The van der Waals surface area contributed by atoms with Crippen LogP contribution in [0.2, 0.25) is 0 Å². The van der Waals surface area contributed by atoms with Crippen molar-refractivity contribution in [3.8, 4) is 17.1 Å². The molecular weight excluding hydrogens is 396 g/mol. The Morgan fingerprint density at radius 2 is 1.50 bits per heavy atom. The number of hydrogen-bond donors (Lipinski definition) is 1. The number of aromatic nitrogens is 2. The smallest absolute Gasteiger partial charge is 0.0879 e. The summed E-state index contributed by atoms with van der Waals surface area (Å²) in [5.74, 6) is 0. The van der Waals surface area contributed by atoms with Crippen LogP contribution in [0.15, 0.2) is 101 Å². The fourth-order valence-electron chi connectivity index (χ4n) is 3.69. The summed E-state index contributed by atoms with van der Waals surface area (Å²) in [6, 6.07) is 29.4. The lowest BCUT2D eigenvalue weighted by atomic mass is 10.1. The molecule has 1 heterocycles. The van der Waals surface area contributed by atoms with Crippen LogP contribution in [-0.2, 0) is 0 Å². The molecule has 3 aromatic rings. The van der Waals surface area contributed by atoms with Crippen molar-refractivity contribution in [1.29, 1.82) is 5.41 Å². The Morgan fingerprint density at radius 3 is 2.25 bits per heavy atom. The van der Waals surface area contributed by atoms with Crippen LogP contribution in [0, 0.1) is 5.41 Å². The Balaban J connectivity index is 1.65. The highest BCUT2D eigenvalue weighted by Crippen LogP contribution is 2.31. The molecule has 0 saturated carbocycles. The second-order valence-corrected chi connectivity index (χ2v) is 7.77. The molecule has 2 aliphatic rings. The summed E-state index contributed by atoms with van der Waals surface area (Å²) in [4.78, 5) is 6.86. The second-order valence-electron chi connectivity index (χ2n) is 7.77. The molecule has 0 unspecified atom stereocenters. The minimum atomic E-state index is 0.445. The van der Waals surface area contributed by atoms with E-state index in [1.165, 1.54) is 0 Å². The minimum Gasteiger partial charge on any atom is -0.378 e. The number of anilines is 1. The fraction of sp³-hybridized carbons (Fsp3) is 0.0769. The van der Waals surface area contributed by atoms with Crippen LogP contribution in [0.3, 0.4) is 0 Å². The van der Waals surface area contributed by atoms with Crippen molar-refractivity contribution in [2.75, 3.05) is 19.0 Å². The lowest BCUT2D eigenvalue weighted by Crippen LogP contribution is -2.09. The highest BCUT2D eigenvalue weighted by atomic mass is 15.1. The van der Waals surface area contributed by atoms with E-state index >= 15 is 0 Å². The van der Waals surface area contributed by atoms with Crippen LogP contribution in [-0.4, -0.2) is 23.6 Å². The topological polar surface area (TPSA) is 69.6 Å². The van der Waals surface area contributed by atoms with Gasteiger partial charge in [0, 0.05) is 25.5 Å². The summed E-state index contributed by atoms with van der Waals surface area (Å²) in [7, 11) is 4.02. The standard InChI is InChI=1S/C26H22N6/c1-31(2)21-12-9-19(10-13-21)29-30-20-11-15-24-26(17-20)32(22-6-4-3-5-7-22)25-16-18(27)8-14-23(25)28-24/h3-17,27H,1-2H3. The lowest BCUT2D eigenvalue weighted by Gasteiger charge is -2.18. The molecule has 0 amide bonds. The average Bonchev–Trinajstić information content (AvgIpc) is 2.82. The van der Waals surface area contributed by atoms with Crippen LogP contribution in [0.25, 0.3) is 28.1 Å². The maximum Gasteiger partial charge on any atom is 0.0879 e. The van der Waals surface area contributed by atoms with E-state index in [1.54, 1.807) is 6.07 Å². The van der Waals surface area contributed by atoms with E-state index < -0.39 is 0 Å². The Bertz CT molecular complexity index is 1450. The van der Waals surface area contributed by atoms with Gasteiger partial charge in [-0.15, -0.1) is 0 Å². The normalized spacial score (nSPS) is 11.4. The molecule has 156 valence electrons.